The summed E-state index contributed by atoms with van der Waals surface area (Å²) in [5, 5.41) is 12.1. The fourth-order valence-corrected chi connectivity index (χ4v) is 2.36. The monoisotopic (exact) mass is 260 g/mol. The Kier molecular flexibility index (Phi) is 4.22. The molecule has 0 radical (unpaired) electrons. The van der Waals surface area contributed by atoms with Crippen LogP contribution in [-0.4, -0.2) is 35.5 Å². The third kappa shape index (κ3) is 3.83. The fourth-order valence-electron chi connectivity index (χ4n) is 2.36. The normalized spacial score (nSPS) is 19.3. The van der Waals surface area contributed by atoms with Crippen LogP contribution in [0.25, 0.3) is 0 Å². The highest BCUT2D eigenvalue weighted by atomic mass is 16.3. The van der Waals surface area contributed by atoms with Crippen molar-refractivity contribution in [3.05, 3.63) is 36.4 Å². The molecule has 1 atom stereocenters. The predicted octanol–water partition coefficient (Wildman–Crippen LogP) is 2.23. The molecule has 1 aliphatic heterocycles. The van der Waals surface area contributed by atoms with Gasteiger partial charge < -0.3 is 10.4 Å². The third-order valence-electron chi connectivity index (χ3n) is 3.27. The second kappa shape index (κ2) is 5.89. The van der Waals surface area contributed by atoms with Crippen LogP contribution >= 0.6 is 0 Å². The number of hydrogen-bond donors (Lipinski definition) is 2. The van der Waals surface area contributed by atoms with Gasteiger partial charge in [-0.3, -0.25) is 9.69 Å². The molecule has 1 aliphatic rings. The Labute approximate surface area is 113 Å². The number of anilines is 1. The minimum Gasteiger partial charge on any atom is -0.508 e. The smallest absolute Gasteiger partial charge is 0.228 e. The van der Waals surface area contributed by atoms with Crippen molar-refractivity contribution in [3.8, 4) is 5.75 Å². The zero-order valence-electron chi connectivity index (χ0n) is 11.2. The molecule has 1 unspecified atom stereocenters. The van der Waals surface area contributed by atoms with Crippen LogP contribution in [-0.2, 0) is 4.79 Å². The second-order valence-electron chi connectivity index (χ2n) is 5.21. The topological polar surface area (TPSA) is 52.6 Å². The van der Waals surface area contributed by atoms with Crippen molar-refractivity contribution in [3.63, 3.8) is 0 Å². The summed E-state index contributed by atoms with van der Waals surface area (Å²) in [4.78, 5) is 14.4. The largest absolute Gasteiger partial charge is 0.508 e. The molecule has 1 fully saturated rings. The Morgan fingerprint density at radius 2 is 2.16 bits per heavy atom. The summed E-state index contributed by atoms with van der Waals surface area (Å²) in [6.45, 7) is 8.50. The highest BCUT2D eigenvalue weighted by Gasteiger charge is 2.27. The molecule has 0 spiro atoms. The number of phenolic OH excluding ortho intramolecular Hbond substituents is 1. The second-order valence-corrected chi connectivity index (χ2v) is 5.21. The SMILES string of the molecule is C=C(C)CN1CCC(C(=O)Nc2ccc(O)cc2)C1. The predicted molar refractivity (Wildman–Crippen MR) is 76.1 cm³/mol. The van der Waals surface area contributed by atoms with Crippen LogP contribution in [0.2, 0.25) is 0 Å². The molecule has 0 aliphatic carbocycles. The average molecular weight is 260 g/mol. The van der Waals surface area contributed by atoms with Gasteiger partial charge in [0.25, 0.3) is 0 Å². The van der Waals surface area contributed by atoms with E-state index in [9.17, 15) is 9.90 Å². The summed E-state index contributed by atoms with van der Waals surface area (Å²) < 4.78 is 0. The lowest BCUT2D eigenvalue weighted by Crippen LogP contribution is -2.27. The quantitative estimate of drug-likeness (QED) is 0.645. The van der Waals surface area contributed by atoms with Gasteiger partial charge in [0.1, 0.15) is 5.75 Å². The number of phenols is 1. The van der Waals surface area contributed by atoms with Crippen LogP contribution in [0.5, 0.6) is 5.75 Å². The number of likely N-dealkylation sites (tertiary alicyclic amines) is 1. The molecule has 4 heteroatoms. The molecule has 0 bridgehead atoms. The van der Waals surface area contributed by atoms with Crippen LogP contribution < -0.4 is 5.32 Å². The van der Waals surface area contributed by atoms with Gasteiger partial charge in [0.2, 0.25) is 5.91 Å². The molecule has 102 valence electrons. The molecule has 1 amide bonds. The van der Waals surface area contributed by atoms with Crippen molar-refractivity contribution in [1.82, 2.24) is 4.90 Å². The summed E-state index contributed by atoms with van der Waals surface area (Å²) >= 11 is 0. The minimum atomic E-state index is 0.0353. The maximum absolute atomic E-state index is 12.1. The van der Waals surface area contributed by atoms with Crippen LogP contribution in [0.15, 0.2) is 36.4 Å². The van der Waals surface area contributed by atoms with Gasteiger partial charge in [-0.05, 0) is 44.2 Å². The summed E-state index contributed by atoms with van der Waals surface area (Å²) in [5.74, 6) is 0.287. The first kappa shape index (κ1) is 13.6. The summed E-state index contributed by atoms with van der Waals surface area (Å²) in [6, 6.07) is 6.54. The molecule has 2 rings (SSSR count). The van der Waals surface area contributed by atoms with Crippen LogP contribution in [0.4, 0.5) is 5.69 Å². The van der Waals surface area contributed by atoms with Crippen molar-refractivity contribution in [2.45, 2.75) is 13.3 Å². The molecule has 1 aromatic carbocycles. The third-order valence-corrected chi connectivity index (χ3v) is 3.27. The number of amides is 1. The maximum atomic E-state index is 12.1. The lowest BCUT2D eigenvalue weighted by molar-refractivity contribution is -0.119. The van der Waals surface area contributed by atoms with Gasteiger partial charge >= 0.3 is 0 Å². The number of carbonyl (C=O) groups excluding carboxylic acids is 1. The summed E-state index contributed by atoms with van der Waals surface area (Å²) in [6.07, 6.45) is 0.886. The molecule has 1 aromatic rings. The number of rotatable bonds is 4. The van der Waals surface area contributed by atoms with E-state index in [1.54, 1.807) is 24.3 Å². The number of nitrogens with zero attached hydrogens (tertiary/aromatic N) is 1. The van der Waals surface area contributed by atoms with Gasteiger partial charge in [-0.15, -0.1) is 0 Å². The lowest BCUT2D eigenvalue weighted by Gasteiger charge is -2.15. The van der Waals surface area contributed by atoms with E-state index < -0.39 is 0 Å². The average Bonchev–Trinajstić information content (AvgIpc) is 2.80. The molecule has 1 heterocycles. The molecular weight excluding hydrogens is 240 g/mol. The Morgan fingerprint density at radius 3 is 2.79 bits per heavy atom. The highest BCUT2D eigenvalue weighted by molar-refractivity contribution is 5.92. The molecule has 0 aromatic heterocycles. The zero-order chi connectivity index (χ0) is 13.8. The van der Waals surface area contributed by atoms with Gasteiger partial charge in [-0.25, -0.2) is 0 Å². The van der Waals surface area contributed by atoms with Gasteiger partial charge in [0, 0.05) is 18.8 Å². The standard InChI is InChI=1S/C15H20N2O2/c1-11(2)9-17-8-7-12(10-17)15(19)16-13-3-5-14(18)6-4-13/h3-6,12,18H,1,7-10H2,2H3,(H,16,19). The molecule has 19 heavy (non-hydrogen) atoms. The van der Waals surface area contributed by atoms with E-state index in [0.29, 0.717) is 0 Å². The first-order valence-corrected chi connectivity index (χ1v) is 6.51. The van der Waals surface area contributed by atoms with Crippen molar-refractivity contribution in [2.75, 3.05) is 25.0 Å². The molecule has 0 saturated carbocycles. The van der Waals surface area contributed by atoms with Gasteiger partial charge in [-0.1, -0.05) is 12.2 Å². The van der Waals surface area contributed by atoms with Gasteiger partial charge in [-0.2, -0.15) is 0 Å². The molecular formula is C15H20N2O2. The Morgan fingerprint density at radius 1 is 1.47 bits per heavy atom. The van der Waals surface area contributed by atoms with Crippen molar-refractivity contribution < 1.29 is 9.90 Å². The first-order valence-electron chi connectivity index (χ1n) is 6.51. The van der Waals surface area contributed by atoms with Crippen LogP contribution in [0.3, 0.4) is 0 Å². The number of aromatic hydroxyl groups is 1. The van der Waals surface area contributed by atoms with E-state index in [2.05, 4.69) is 16.8 Å². The number of nitrogens with one attached hydrogen (secondary N) is 1. The molecule has 4 nitrogen and oxygen atoms in total. The first-order chi connectivity index (χ1) is 9.04. The summed E-state index contributed by atoms with van der Waals surface area (Å²) in [5.41, 5.74) is 1.85. The molecule has 1 saturated heterocycles. The van der Waals surface area contributed by atoms with Crippen molar-refractivity contribution in [2.24, 2.45) is 5.92 Å². The maximum Gasteiger partial charge on any atom is 0.228 e. The van der Waals surface area contributed by atoms with E-state index >= 15 is 0 Å². The fraction of sp³-hybridized carbons (Fsp3) is 0.400. The lowest BCUT2D eigenvalue weighted by atomic mass is 10.1. The zero-order valence-corrected chi connectivity index (χ0v) is 11.2. The van der Waals surface area contributed by atoms with Crippen molar-refractivity contribution >= 4 is 11.6 Å². The van der Waals surface area contributed by atoms with Crippen molar-refractivity contribution in [1.29, 1.82) is 0 Å². The van der Waals surface area contributed by atoms with Gasteiger partial charge in [0.15, 0.2) is 0 Å². The highest BCUT2D eigenvalue weighted by Crippen LogP contribution is 2.20. The molecule has 2 N–H and O–H groups in total. The Bertz CT molecular complexity index is 468. The van der Waals surface area contributed by atoms with E-state index in [1.807, 2.05) is 6.92 Å². The van der Waals surface area contributed by atoms with E-state index in [4.69, 9.17) is 0 Å². The number of hydrogen-bond acceptors (Lipinski definition) is 3. The van der Waals surface area contributed by atoms with E-state index in [-0.39, 0.29) is 17.6 Å². The number of benzene rings is 1. The van der Waals surface area contributed by atoms with Crippen LogP contribution in [0.1, 0.15) is 13.3 Å². The Hall–Kier alpha value is -1.81. The Balaban J connectivity index is 1.87. The van der Waals surface area contributed by atoms with E-state index in [0.717, 1.165) is 37.3 Å². The van der Waals surface area contributed by atoms with Crippen LogP contribution in [0, 0.1) is 5.92 Å². The summed E-state index contributed by atoms with van der Waals surface area (Å²) in [7, 11) is 0. The van der Waals surface area contributed by atoms with Gasteiger partial charge in [0.05, 0.1) is 5.92 Å². The van der Waals surface area contributed by atoms with E-state index in [1.165, 1.54) is 0 Å². The minimum absolute atomic E-state index is 0.0353. The number of carbonyl (C=O) groups is 1.